The fraction of sp³-hybridized carbons (Fsp3) is 0.467. The molecule has 0 aromatic heterocycles. The van der Waals surface area contributed by atoms with Crippen LogP contribution in [0.25, 0.3) is 0 Å². The fourth-order valence-corrected chi connectivity index (χ4v) is 1.93. The molecule has 1 aromatic rings. The number of esters is 1. The van der Waals surface area contributed by atoms with E-state index in [1.54, 1.807) is 0 Å². The highest BCUT2D eigenvalue weighted by molar-refractivity contribution is 5.93. The van der Waals surface area contributed by atoms with Crippen LogP contribution in [0, 0.1) is 11.8 Å². The van der Waals surface area contributed by atoms with Crippen molar-refractivity contribution in [2.24, 2.45) is 11.8 Å². The summed E-state index contributed by atoms with van der Waals surface area (Å²) in [6.07, 6.45) is 0.868. The van der Waals surface area contributed by atoms with Crippen LogP contribution < -0.4 is 10.2 Å². The van der Waals surface area contributed by atoms with Crippen molar-refractivity contribution < 1.29 is 14.3 Å². The van der Waals surface area contributed by atoms with E-state index in [1.807, 2.05) is 50.2 Å². The molecule has 5 nitrogen and oxygen atoms in total. The van der Waals surface area contributed by atoms with Crippen LogP contribution in [-0.4, -0.2) is 32.6 Å². The highest BCUT2D eigenvalue weighted by Gasteiger charge is 2.40. The average Bonchev–Trinajstić information content (AvgIpc) is 3.14. The van der Waals surface area contributed by atoms with Crippen molar-refractivity contribution in [2.75, 3.05) is 30.9 Å². The van der Waals surface area contributed by atoms with Crippen LogP contribution >= 0.6 is 0 Å². The predicted octanol–water partition coefficient (Wildman–Crippen LogP) is 1.89. The van der Waals surface area contributed by atoms with Gasteiger partial charge in [0.25, 0.3) is 5.91 Å². The van der Waals surface area contributed by atoms with E-state index in [0.717, 1.165) is 12.1 Å². The van der Waals surface area contributed by atoms with Gasteiger partial charge in [-0.2, -0.15) is 0 Å². The minimum atomic E-state index is -0.316. The Morgan fingerprint density at radius 3 is 2.40 bits per heavy atom. The third kappa shape index (κ3) is 3.73. The molecule has 0 unspecified atom stereocenters. The van der Waals surface area contributed by atoms with E-state index in [0.29, 0.717) is 11.6 Å². The molecule has 20 heavy (non-hydrogen) atoms. The van der Waals surface area contributed by atoms with Gasteiger partial charge in [-0.15, -0.1) is 0 Å². The number of carbonyl (C=O) groups is 2. The molecule has 1 aliphatic rings. The SMILES string of the molecule is C[C@H]1C[C@@H]1C(=O)OCC(=O)Nc1ccc(N(C)C)cc1. The summed E-state index contributed by atoms with van der Waals surface area (Å²) in [5, 5.41) is 2.70. The lowest BCUT2D eigenvalue weighted by Gasteiger charge is -2.13. The van der Waals surface area contributed by atoms with Crippen LogP contribution in [0.5, 0.6) is 0 Å². The molecule has 5 heteroatoms. The van der Waals surface area contributed by atoms with Crippen LogP contribution in [0.2, 0.25) is 0 Å². The molecule has 1 fully saturated rings. The summed E-state index contributed by atoms with van der Waals surface area (Å²) in [5.74, 6) is -0.203. The summed E-state index contributed by atoms with van der Waals surface area (Å²) in [5.41, 5.74) is 1.74. The molecule has 1 N–H and O–H groups in total. The van der Waals surface area contributed by atoms with E-state index >= 15 is 0 Å². The zero-order valence-corrected chi connectivity index (χ0v) is 12.1. The van der Waals surface area contributed by atoms with Crippen molar-refractivity contribution in [2.45, 2.75) is 13.3 Å². The Bertz CT molecular complexity index is 496. The molecule has 1 aromatic carbocycles. The average molecular weight is 276 g/mol. The molecule has 0 saturated heterocycles. The first-order valence-corrected chi connectivity index (χ1v) is 6.71. The third-order valence-electron chi connectivity index (χ3n) is 3.43. The quantitative estimate of drug-likeness (QED) is 0.834. The Balaban J connectivity index is 1.77. The van der Waals surface area contributed by atoms with Crippen LogP contribution in [0.15, 0.2) is 24.3 Å². The molecule has 108 valence electrons. The van der Waals surface area contributed by atoms with Crippen LogP contribution in [-0.2, 0) is 14.3 Å². The van der Waals surface area contributed by atoms with Crippen molar-refractivity contribution >= 4 is 23.3 Å². The van der Waals surface area contributed by atoms with Gasteiger partial charge in [0, 0.05) is 25.5 Å². The van der Waals surface area contributed by atoms with Crippen LogP contribution in [0.4, 0.5) is 11.4 Å². The first-order chi connectivity index (χ1) is 9.47. The number of carbonyl (C=O) groups excluding carboxylic acids is 2. The largest absolute Gasteiger partial charge is 0.455 e. The van der Waals surface area contributed by atoms with Crippen molar-refractivity contribution in [1.82, 2.24) is 0 Å². The number of amides is 1. The van der Waals surface area contributed by atoms with Crippen molar-refractivity contribution in [3.63, 3.8) is 0 Å². The molecule has 0 heterocycles. The zero-order valence-electron chi connectivity index (χ0n) is 12.1. The third-order valence-corrected chi connectivity index (χ3v) is 3.43. The second-order valence-electron chi connectivity index (χ2n) is 5.42. The lowest BCUT2D eigenvalue weighted by atomic mass is 10.2. The molecule has 0 bridgehead atoms. The summed E-state index contributed by atoms with van der Waals surface area (Å²) in [4.78, 5) is 25.1. The van der Waals surface area contributed by atoms with E-state index in [4.69, 9.17) is 4.74 Å². The first-order valence-electron chi connectivity index (χ1n) is 6.71. The summed E-state index contributed by atoms with van der Waals surface area (Å²) in [6, 6.07) is 7.46. The number of benzene rings is 1. The number of ether oxygens (including phenoxy) is 1. The minimum absolute atomic E-state index is 0.0119. The molecule has 1 aliphatic carbocycles. The standard InChI is InChI=1S/C15H20N2O3/c1-10-8-13(10)15(19)20-9-14(18)16-11-4-6-12(7-5-11)17(2)3/h4-7,10,13H,8-9H2,1-3H3,(H,16,18)/t10-,13-/m0/s1. The molecule has 1 amide bonds. The minimum Gasteiger partial charge on any atom is -0.455 e. The van der Waals surface area contributed by atoms with E-state index in [1.165, 1.54) is 0 Å². The number of hydrogen-bond acceptors (Lipinski definition) is 4. The van der Waals surface area contributed by atoms with E-state index < -0.39 is 0 Å². The summed E-state index contributed by atoms with van der Waals surface area (Å²) in [6.45, 7) is 1.77. The van der Waals surface area contributed by atoms with Gasteiger partial charge in [0.05, 0.1) is 5.92 Å². The maximum atomic E-state index is 11.7. The molecule has 0 aliphatic heterocycles. The van der Waals surface area contributed by atoms with Gasteiger partial charge >= 0.3 is 5.97 Å². The number of rotatable bonds is 5. The Morgan fingerprint density at radius 1 is 1.30 bits per heavy atom. The van der Waals surface area contributed by atoms with E-state index in [2.05, 4.69) is 5.32 Å². The maximum absolute atomic E-state index is 11.7. The number of nitrogens with one attached hydrogen (secondary N) is 1. The number of nitrogens with zero attached hydrogens (tertiary/aromatic N) is 1. The smallest absolute Gasteiger partial charge is 0.309 e. The topological polar surface area (TPSA) is 58.6 Å². The van der Waals surface area contributed by atoms with Crippen LogP contribution in [0.1, 0.15) is 13.3 Å². The fourth-order valence-electron chi connectivity index (χ4n) is 1.93. The van der Waals surface area contributed by atoms with Gasteiger partial charge in [-0.1, -0.05) is 6.92 Å². The summed E-state index contributed by atoms with van der Waals surface area (Å²) >= 11 is 0. The zero-order chi connectivity index (χ0) is 14.7. The highest BCUT2D eigenvalue weighted by atomic mass is 16.5. The molecular formula is C15H20N2O3. The molecule has 2 atom stereocenters. The van der Waals surface area contributed by atoms with E-state index in [9.17, 15) is 9.59 Å². The Kier molecular flexibility index (Phi) is 4.27. The highest BCUT2D eigenvalue weighted by Crippen LogP contribution is 2.38. The van der Waals surface area contributed by atoms with Crippen molar-refractivity contribution in [3.8, 4) is 0 Å². The van der Waals surface area contributed by atoms with Gasteiger partial charge in [-0.05, 0) is 36.6 Å². The van der Waals surface area contributed by atoms with Gasteiger partial charge in [0.2, 0.25) is 0 Å². The number of anilines is 2. The van der Waals surface area contributed by atoms with Gasteiger partial charge < -0.3 is 15.0 Å². The molecule has 0 spiro atoms. The molecular weight excluding hydrogens is 256 g/mol. The van der Waals surface area contributed by atoms with Gasteiger partial charge in [0.15, 0.2) is 6.61 Å². The lowest BCUT2D eigenvalue weighted by Crippen LogP contribution is -2.21. The van der Waals surface area contributed by atoms with Crippen molar-refractivity contribution in [3.05, 3.63) is 24.3 Å². The normalized spacial score (nSPS) is 20.1. The second-order valence-corrected chi connectivity index (χ2v) is 5.42. The molecule has 0 radical (unpaired) electrons. The van der Waals surface area contributed by atoms with Gasteiger partial charge in [-0.25, -0.2) is 0 Å². The predicted molar refractivity (Wildman–Crippen MR) is 77.6 cm³/mol. The monoisotopic (exact) mass is 276 g/mol. The Morgan fingerprint density at radius 2 is 1.90 bits per heavy atom. The molecule has 2 rings (SSSR count). The van der Waals surface area contributed by atoms with Gasteiger partial charge in [-0.3, -0.25) is 9.59 Å². The van der Waals surface area contributed by atoms with E-state index in [-0.39, 0.29) is 24.4 Å². The summed E-state index contributed by atoms with van der Waals surface area (Å²) in [7, 11) is 3.90. The summed E-state index contributed by atoms with van der Waals surface area (Å²) < 4.78 is 4.97. The van der Waals surface area contributed by atoms with Gasteiger partial charge in [0.1, 0.15) is 0 Å². The van der Waals surface area contributed by atoms with Crippen molar-refractivity contribution in [1.29, 1.82) is 0 Å². The number of hydrogen-bond donors (Lipinski definition) is 1. The first kappa shape index (κ1) is 14.4. The molecule has 1 saturated carbocycles. The second kappa shape index (κ2) is 5.94. The van der Waals surface area contributed by atoms with Crippen LogP contribution in [0.3, 0.4) is 0 Å². The Labute approximate surface area is 118 Å². The lowest BCUT2D eigenvalue weighted by molar-refractivity contribution is -0.148. The Hall–Kier alpha value is -2.04. The maximum Gasteiger partial charge on any atom is 0.309 e.